The van der Waals surface area contributed by atoms with Crippen LogP contribution in [0.5, 0.6) is 0 Å². The number of hydrogen-bond donors (Lipinski definition) is 2. The van der Waals surface area contributed by atoms with Crippen LogP contribution in [0.15, 0.2) is 0 Å². The lowest BCUT2D eigenvalue weighted by Crippen LogP contribution is -2.03. The lowest BCUT2D eigenvalue weighted by Gasteiger charge is -1.79. The highest BCUT2D eigenvalue weighted by atomic mass is 35.5. The molecule has 0 bridgehead atoms. The molecule has 0 saturated heterocycles. The summed E-state index contributed by atoms with van der Waals surface area (Å²) in [5.74, 6) is 0.435. The molecule has 0 aromatic rings. The van der Waals surface area contributed by atoms with E-state index in [9.17, 15) is 0 Å². The third-order valence-corrected chi connectivity index (χ3v) is 1.19. The van der Waals surface area contributed by atoms with Crippen molar-refractivity contribution in [2.75, 3.05) is 6.54 Å². The Morgan fingerprint density at radius 1 is 1.71 bits per heavy atom. The highest BCUT2D eigenvalue weighted by molar-refractivity contribution is 5.85. The predicted molar refractivity (Wildman–Crippen MR) is 30.4 cm³/mol. The van der Waals surface area contributed by atoms with Crippen LogP contribution in [0.3, 0.4) is 0 Å². The van der Waals surface area contributed by atoms with E-state index in [4.69, 9.17) is 10.8 Å². The molecule has 2 nitrogen and oxygen atoms in total. The molecule has 0 spiro atoms. The summed E-state index contributed by atoms with van der Waals surface area (Å²) < 4.78 is 0. The Kier molecular flexibility index (Phi) is 2.58. The molecular weight excluding hydrogens is 114 g/mol. The Morgan fingerprint density at radius 3 is 2.14 bits per heavy atom. The molecule has 2 atom stereocenters. The van der Waals surface area contributed by atoms with E-state index >= 15 is 0 Å². The zero-order chi connectivity index (χ0) is 4.57. The topological polar surface area (TPSA) is 46.2 Å². The van der Waals surface area contributed by atoms with Gasteiger partial charge in [-0.2, -0.15) is 0 Å². The summed E-state index contributed by atoms with van der Waals surface area (Å²) in [5, 5.41) is 8.55. The Morgan fingerprint density at radius 2 is 2.14 bits per heavy atom. The summed E-state index contributed by atoms with van der Waals surface area (Å²) >= 11 is 0. The molecule has 1 saturated carbocycles. The molecule has 7 heavy (non-hydrogen) atoms. The zero-order valence-corrected chi connectivity index (χ0v) is 4.82. The second-order valence-electron chi connectivity index (χ2n) is 1.80. The second kappa shape index (κ2) is 2.50. The fraction of sp³-hybridized carbons (Fsp3) is 1.00. The van der Waals surface area contributed by atoms with Gasteiger partial charge < -0.3 is 10.8 Å². The maximum atomic E-state index is 8.55. The van der Waals surface area contributed by atoms with Crippen molar-refractivity contribution in [3.8, 4) is 0 Å². The molecule has 0 aromatic carbocycles. The van der Waals surface area contributed by atoms with Crippen LogP contribution in [0.2, 0.25) is 0 Å². The monoisotopic (exact) mass is 123 g/mol. The second-order valence-corrected chi connectivity index (χ2v) is 1.80. The molecule has 0 aliphatic heterocycles. The van der Waals surface area contributed by atoms with Crippen molar-refractivity contribution in [1.29, 1.82) is 0 Å². The van der Waals surface area contributed by atoms with Gasteiger partial charge in [-0.3, -0.25) is 0 Å². The van der Waals surface area contributed by atoms with Gasteiger partial charge in [-0.15, -0.1) is 12.4 Å². The van der Waals surface area contributed by atoms with E-state index < -0.39 is 0 Å². The molecule has 0 unspecified atom stereocenters. The molecule has 1 rings (SSSR count). The molecular formula is C4H10ClNO. The van der Waals surface area contributed by atoms with Gasteiger partial charge in [0, 0.05) is 0 Å². The first-order valence-corrected chi connectivity index (χ1v) is 2.22. The molecule has 0 amide bonds. The largest absolute Gasteiger partial charge is 0.393 e. The van der Waals surface area contributed by atoms with Crippen LogP contribution in [0, 0.1) is 5.92 Å². The van der Waals surface area contributed by atoms with Gasteiger partial charge in [0.25, 0.3) is 0 Å². The van der Waals surface area contributed by atoms with E-state index in [-0.39, 0.29) is 18.5 Å². The minimum absolute atomic E-state index is 0. The van der Waals surface area contributed by atoms with Crippen LogP contribution < -0.4 is 5.73 Å². The smallest absolute Gasteiger partial charge is 0.0585 e. The van der Waals surface area contributed by atoms with Gasteiger partial charge in [0.2, 0.25) is 0 Å². The van der Waals surface area contributed by atoms with Gasteiger partial charge in [0.05, 0.1) is 6.10 Å². The van der Waals surface area contributed by atoms with Crippen LogP contribution in [0.1, 0.15) is 6.42 Å². The lowest BCUT2D eigenvalue weighted by molar-refractivity contribution is 0.261. The molecule has 0 radical (unpaired) electrons. The first kappa shape index (κ1) is 7.21. The van der Waals surface area contributed by atoms with Gasteiger partial charge >= 0.3 is 0 Å². The number of rotatable bonds is 1. The fourth-order valence-corrected chi connectivity index (χ4v) is 0.485. The summed E-state index contributed by atoms with van der Waals surface area (Å²) in [7, 11) is 0. The maximum Gasteiger partial charge on any atom is 0.0585 e. The standard InChI is InChI=1S/C4H9NO.ClH/c5-2-3-1-4(3)6;/h3-4,6H,1-2,5H2;1H/t3-,4+;/m1./s1. The van der Waals surface area contributed by atoms with E-state index in [1.54, 1.807) is 0 Å². The van der Waals surface area contributed by atoms with E-state index in [0.29, 0.717) is 12.5 Å². The lowest BCUT2D eigenvalue weighted by atomic mass is 10.4. The molecule has 1 fully saturated rings. The first-order valence-electron chi connectivity index (χ1n) is 2.22. The number of aliphatic hydroxyl groups is 1. The van der Waals surface area contributed by atoms with Crippen molar-refractivity contribution < 1.29 is 5.11 Å². The first-order chi connectivity index (χ1) is 2.84. The Bertz CT molecular complexity index is 57.7. The van der Waals surface area contributed by atoms with Crippen molar-refractivity contribution in [2.24, 2.45) is 11.7 Å². The predicted octanol–water partition coefficient (Wildman–Crippen LogP) is -0.252. The zero-order valence-electron chi connectivity index (χ0n) is 4.00. The highest BCUT2D eigenvalue weighted by Gasteiger charge is 2.33. The van der Waals surface area contributed by atoms with E-state index in [2.05, 4.69) is 0 Å². The fourth-order valence-electron chi connectivity index (χ4n) is 0.485. The number of aliphatic hydroxyl groups excluding tert-OH is 1. The summed E-state index contributed by atoms with van der Waals surface area (Å²) in [5.41, 5.74) is 5.16. The third kappa shape index (κ3) is 1.63. The van der Waals surface area contributed by atoms with Gasteiger partial charge in [0.1, 0.15) is 0 Å². The molecule has 44 valence electrons. The van der Waals surface area contributed by atoms with Crippen molar-refractivity contribution in [1.82, 2.24) is 0 Å². The van der Waals surface area contributed by atoms with Crippen molar-refractivity contribution in [3.63, 3.8) is 0 Å². The normalized spacial score (nSPS) is 36.9. The molecule has 0 heterocycles. The van der Waals surface area contributed by atoms with Crippen molar-refractivity contribution in [2.45, 2.75) is 12.5 Å². The summed E-state index contributed by atoms with van der Waals surface area (Å²) in [6, 6.07) is 0. The van der Waals surface area contributed by atoms with Crippen LogP contribution in [0.25, 0.3) is 0 Å². The molecule has 0 aromatic heterocycles. The molecule has 1 aliphatic carbocycles. The Hall–Kier alpha value is 0.210. The molecule has 3 heteroatoms. The van der Waals surface area contributed by atoms with Gasteiger partial charge in [-0.1, -0.05) is 0 Å². The van der Waals surface area contributed by atoms with E-state index in [0.717, 1.165) is 6.42 Å². The average Bonchev–Trinajstić information content (AvgIpc) is 2.19. The SMILES string of the molecule is Cl.NC[C@H]1C[C@@H]1O. The minimum atomic E-state index is -0.0602. The number of nitrogens with two attached hydrogens (primary N) is 1. The quantitative estimate of drug-likeness (QED) is 0.505. The van der Waals surface area contributed by atoms with Gasteiger partial charge in [0.15, 0.2) is 0 Å². The van der Waals surface area contributed by atoms with Crippen LogP contribution >= 0.6 is 12.4 Å². The van der Waals surface area contributed by atoms with E-state index in [1.807, 2.05) is 0 Å². The van der Waals surface area contributed by atoms with Crippen LogP contribution in [-0.4, -0.2) is 17.8 Å². The molecule has 3 N–H and O–H groups in total. The van der Waals surface area contributed by atoms with Crippen LogP contribution in [-0.2, 0) is 0 Å². The third-order valence-electron chi connectivity index (χ3n) is 1.19. The average molecular weight is 124 g/mol. The highest BCUT2D eigenvalue weighted by Crippen LogP contribution is 2.27. The van der Waals surface area contributed by atoms with Gasteiger partial charge in [-0.05, 0) is 18.9 Å². The number of hydrogen-bond acceptors (Lipinski definition) is 2. The maximum absolute atomic E-state index is 8.55. The Labute approximate surface area is 49.1 Å². The van der Waals surface area contributed by atoms with Crippen molar-refractivity contribution >= 4 is 12.4 Å². The number of halogens is 1. The van der Waals surface area contributed by atoms with Crippen molar-refractivity contribution in [3.05, 3.63) is 0 Å². The summed E-state index contributed by atoms with van der Waals surface area (Å²) in [4.78, 5) is 0. The van der Waals surface area contributed by atoms with E-state index in [1.165, 1.54) is 0 Å². The molecule has 1 aliphatic rings. The van der Waals surface area contributed by atoms with Crippen LogP contribution in [0.4, 0.5) is 0 Å². The summed E-state index contributed by atoms with van der Waals surface area (Å²) in [6.07, 6.45) is 0.867. The minimum Gasteiger partial charge on any atom is -0.393 e. The van der Waals surface area contributed by atoms with Gasteiger partial charge in [-0.25, -0.2) is 0 Å². The Balaban J connectivity index is 0.000000360. The summed E-state index contributed by atoms with van der Waals surface area (Å²) in [6.45, 7) is 0.654.